The molecule has 5 nitrogen and oxygen atoms in total. The van der Waals surface area contributed by atoms with E-state index >= 15 is 0 Å². The fraction of sp³-hybridized carbons (Fsp3) is 0.889. The number of esters is 1. The molecule has 2 aliphatic heterocycles. The van der Waals surface area contributed by atoms with Crippen LogP contribution in [0.15, 0.2) is 0 Å². The Labute approximate surface area is 82.9 Å². The third-order valence-electron chi connectivity index (χ3n) is 2.78. The maximum absolute atomic E-state index is 11.5. The fourth-order valence-electron chi connectivity index (χ4n) is 2.01. The van der Waals surface area contributed by atoms with Gasteiger partial charge in [-0.2, -0.15) is 5.06 Å². The number of ether oxygens (including phenoxy) is 2. The number of hydrogen-bond acceptors (Lipinski definition) is 5. The number of hydroxylamine groups is 2. The van der Waals surface area contributed by atoms with E-state index in [1.807, 2.05) is 0 Å². The first-order valence-electron chi connectivity index (χ1n) is 4.78. The van der Waals surface area contributed by atoms with E-state index in [2.05, 4.69) is 0 Å². The van der Waals surface area contributed by atoms with Crippen LogP contribution in [0.2, 0.25) is 0 Å². The lowest BCUT2D eigenvalue weighted by atomic mass is 9.97. The molecule has 0 saturated carbocycles. The van der Waals surface area contributed by atoms with Gasteiger partial charge in [0, 0.05) is 12.5 Å². The van der Waals surface area contributed by atoms with Crippen LogP contribution in [-0.4, -0.2) is 43.1 Å². The molecule has 0 radical (unpaired) electrons. The number of hydrogen-bond donors (Lipinski definition) is 0. The summed E-state index contributed by atoms with van der Waals surface area (Å²) in [7, 11) is 1.38. The Morgan fingerprint density at radius 1 is 1.64 bits per heavy atom. The molecular formula is C9H15NO4. The number of carbonyl (C=O) groups excluding carboxylic acids is 1. The number of fused-ring (bicyclic) bond motifs is 1. The SMILES string of the molecule is COC(=O)[C@@]1(C)C[C@H]2CCOCN2O1. The average molecular weight is 201 g/mol. The highest BCUT2D eigenvalue weighted by Crippen LogP contribution is 2.34. The maximum atomic E-state index is 11.5. The lowest BCUT2D eigenvalue weighted by Crippen LogP contribution is -2.38. The first-order chi connectivity index (χ1) is 6.65. The number of nitrogens with zero attached hydrogens (tertiary/aromatic N) is 1. The van der Waals surface area contributed by atoms with Crippen LogP contribution in [0.5, 0.6) is 0 Å². The third-order valence-corrected chi connectivity index (χ3v) is 2.78. The van der Waals surface area contributed by atoms with E-state index in [9.17, 15) is 4.79 Å². The first kappa shape index (κ1) is 9.89. The normalized spacial score (nSPS) is 38.0. The van der Waals surface area contributed by atoms with Gasteiger partial charge in [-0.1, -0.05) is 0 Å². The molecule has 14 heavy (non-hydrogen) atoms. The van der Waals surface area contributed by atoms with Crippen molar-refractivity contribution in [3.63, 3.8) is 0 Å². The van der Waals surface area contributed by atoms with Crippen LogP contribution in [0.4, 0.5) is 0 Å². The minimum absolute atomic E-state index is 0.285. The number of methoxy groups -OCH3 is 1. The molecule has 2 aliphatic rings. The van der Waals surface area contributed by atoms with E-state index in [1.165, 1.54) is 7.11 Å². The van der Waals surface area contributed by atoms with Crippen molar-refractivity contribution in [3.8, 4) is 0 Å². The van der Waals surface area contributed by atoms with E-state index in [1.54, 1.807) is 12.0 Å². The van der Waals surface area contributed by atoms with Crippen LogP contribution in [0, 0.1) is 0 Å². The Hall–Kier alpha value is -0.650. The highest BCUT2D eigenvalue weighted by Gasteiger charge is 2.49. The number of rotatable bonds is 1. The summed E-state index contributed by atoms with van der Waals surface area (Å²) in [6.45, 7) is 2.94. The summed E-state index contributed by atoms with van der Waals surface area (Å²) in [6.07, 6.45) is 1.59. The molecular weight excluding hydrogens is 186 g/mol. The molecule has 2 heterocycles. The molecule has 0 aliphatic carbocycles. The van der Waals surface area contributed by atoms with Crippen molar-refractivity contribution >= 4 is 5.97 Å². The molecule has 2 saturated heterocycles. The molecule has 2 atom stereocenters. The molecule has 0 aromatic rings. The quantitative estimate of drug-likeness (QED) is 0.571. The van der Waals surface area contributed by atoms with E-state index in [-0.39, 0.29) is 12.0 Å². The second-order valence-electron chi connectivity index (χ2n) is 3.91. The van der Waals surface area contributed by atoms with Crippen LogP contribution in [-0.2, 0) is 19.1 Å². The largest absolute Gasteiger partial charge is 0.467 e. The van der Waals surface area contributed by atoms with Crippen molar-refractivity contribution in [2.24, 2.45) is 0 Å². The third kappa shape index (κ3) is 1.51. The van der Waals surface area contributed by atoms with Crippen LogP contribution < -0.4 is 0 Å². The lowest BCUT2D eigenvalue weighted by molar-refractivity contribution is -0.255. The zero-order chi connectivity index (χ0) is 10.2. The van der Waals surface area contributed by atoms with Gasteiger partial charge in [0.15, 0.2) is 5.60 Å². The predicted octanol–water partition coefficient (Wildman–Crippen LogP) is 0.302. The van der Waals surface area contributed by atoms with E-state index < -0.39 is 5.60 Å². The molecule has 5 heteroatoms. The summed E-state index contributed by atoms with van der Waals surface area (Å²) >= 11 is 0. The smallest absolute Gasteiger partial charge is 0.340 e. The maximum Gasteiger partial charge on any atom is 0.340 e. The van der Waals surface area contributed by atoms with Gasteiger partial charge in [-0.25, -0.2) is 4.79 Å². The zero-order valence-electron chi connectivity index (χ0n) is 8.49. The van der Waals surface area contributed by atoms with Crippen LogP contribution in [0.3, 0.4) is 0 Å². The minimum Gasteiger partial charge on any atom is -0.467 e. The van der Waals surface area contributed by atoms with E-state index in [0.29, 0.717) is 13.2 Å². The van der Waals surface area contributed by atoms with Gasteiger partial charge in [0.05, 0.1) is 13.7 Å². The standard InChI is InChI=1S/C9H15NO4/c1-9(8(11)12-2)5-7-3-4-13-6-10(7)14-9/h7H,3-6H2,1-2H3/t7-,9-/m1/s1. The Morgan fingerprint density at radius 3 is 3.07 bits per heavy atom. The van der Waals surface area contributed by atoms with Gasteiger partial charge < -0.3 is 9.47 Å². The molecule has 0 bridgehead atoms. The molecule has 0 aromatic heterocycles. The Balaban J connectivity index is 2.07. The Morgan fingerprint density at radius 2 is 2.43 bits per heavy atom. The molecule has 0 amide bonds. The monoisotopic (exact) mass is 201 g/mol. The van der Waals surface area contributed by atoms with Crippen LogP contribution in [0.25, 0.3) is 0 Å². The lowest BCUT2D eigenvalue weighted by Gasteiger charge is -2.27. The van der Waals surface area contributed by atoms with Crippen LogP contribution >= 0.6 is 0 Å². The average Bonchev–Trinajstić information content (AvgIpc) is 2.54. The van der Waals surface area contributed by atoms with Gasteiger partial charge in [0.1, 0.15) is 6.73 Å². The van der Waals surface area contributed by atoms with Crippen molar-refractivity contribution < 1.29 is 19.1 Å². The summed E-state index contributed by atoms with van der Waals surface area (Å²) in [5.41, 5.74) is -0.826. The summed E-state index contributed by atoms with van der Waals surface area (Å²) in [4.78, 5) is 17.0. The van der Waals surface area contributed by atoms with Crippen molar-refractivity contribution in [2.75, 3.05) is 20.4 Å². The second kappa shape index (κ2) is 3.49. The highest BCUT2D eigenvalue weighted by molar-refractivity contribution is 5.79. The van der Waals surface area contributed by atoms with Gasteiger partial charge in [-0.15, -0.1) is 0 Å². The van der Waals surface area contributed by atoms with Gasteiger partial charge in [0.2, 0.25) is 0 Å². The van der Waals surface area contributed by atoms with Crippen LogP contribution in [0.1, 0.15) is 19.8 Å². The summed E-state index contributed by atoms with van der Waals surface area (Å²) in [6, 6.07) is 0.285. The van der Waals surface area contributed by atoms with Gasteiger partial charge >= 0.3 is 5.97 Å². The molecule has 0 aromatic carbocycles. The Kier molecular flexibility index (Phi) is 2.47. The van der Waals surface area contributed by atoms with Gasteiger partial charge in [-0.3, -0.25) is 4.84 Å². The molecule has 80 valence electrons. The predicted molar refractivity (Wildman–Crippen MR) is 47.2 cm³/mol. The molecule has 0 unspecified atom stereocenters. The number of carbonyl (C=O) groups is 1. The Bertz CT molecular complexity index is 229. The van der Waals surface area contributed by atoms with E-state index in [4.69, 9.17) is 14.3 Å². The minimum atomic E-state index is -0.826. The first-order valence-corrected chi connectivity index (χ1v) is 4.78. The topological polar surface area (TPSA) is 48.0 Å². The fourth-order valence-corrected chi connectivity index (χ4v) is 2.01. The molecule has 2 fully saturated rings. The van der Waals surface area contributed by atoms with Crippen molar-refractivity contribution in [1.82, 2.24) is 5.06 Å². The highest BCUT2D eigenvalue weighted by atomic mass is 16.7. The molecule has 2 rings (SSSR count). The van der Waals surface area contributed by atoms with Crippen molar-refractivity contribution in [3.05, 3.63) is 0 Å². The zero-order valence-corrected chi connectivity index (χ0v) is 8.49. The summed E-state index contributed by atoms with van der Waals surface area (Å²) in [5.74, 6) is -0.313. The van der Waals surface area contributed by atoms with Gasteiger partial charge in [-0.05, 0) is 13.3 Å². The van der Waals surface area contributed by atoms with Crippen molar-refractivity contribution in [1.29, 1.82) is 0 Å². The summed E-state index contributed by atoms with van der Waals surface area (Å²) in [5, 5.41) is 1.74. The summed E-state index contributed by atoms with van der Waals surface area (Å²) < 4.78 is 9.95. The molecule has 0 N–H and O–H groups in total. The van der Waals surface area contributed by atoms with E-state index in [0.717, 1.165) is 13.0 Å². The molecule has 0 spiro atoms. The van der Waals surface area contributed by atoms with Crippen molar-refractivity contribution in [2.45, 2.75) is 31.4 Å². The van der Waals surface area contributed by atoms with Gasteiger partial charge in [0.25, 0.3) is 0 Å². The second-order valence-corrected chi connectivity index (χ2v) is 3.91.